The number of nitrogens with zero attached hydrogens (tertiary/aromatic N) is 2. The lowest BCUT2D eigenvalue weighted by Gasteiger charge is -2.20. The van der Waals surface area contributed by atoms with Gasteiger partial charge in [-0.1, -0.05) is 18.5 Å². The molecule has 0 saturated carbocycles. The molecular formula is C14H20ClN3OS. The molecule has 2 aromatic rings. The Morgan fingerprint density at radius 2 is 2.25 bits per heavy atom. The standard InChI is InChI=1S/C14H20ClN3OS/c1-5-16-13(12-6-10(19-4)8-20-12)14-11(15)7-17-18(14)9(2)3/h6-9,13,16H,5H2,1-4H3. The van der Waals surface area contributed by atoms with Crippen molar-refractivity contribution in [1.29, 1.82) is 0 Å². The van der Waals surface area contributed by atoms with Gasteiger partial charge in [0.2, 0.25) is 0 Å². The van der Waals surface area contributed by atoms with Crippen LogP contribution < -0.4 is 10.1 Å². The first-order valence-electron chi connectivity index (χ1n) is 6.67. The van der Waals surface area contributed by atoms with Crippen LogP contribution in [0.2, 0.25) is 5.02 Å². The van der Waals surface area contributed by atoms with Crippen LogP contribution in [0, 0.1) is 0 Å². The average Bonchev–Trinajstić information content (AvgIpc) is 3.02. The van der Waals surface area contributed by atoms with Gasteiger partial charge in [0.15, 0.2) is 0 Å². The minimum Gasteiger partial charge on any atom is -0.496 e. The van der Waals surface area contributed by atoms with Crippen molar-refractivity contribution >= 4 is 22.9 Å². The highest BCUT2D eigenvalue weighted by Gasteiger charge is 2.24. The number of halogens is 1. The van der Waals surface area contributed by atoms with E-state index in [9.17, 15) is 0 Å². The minimum atomic E-state index is 0.0336. The van der Waals surface area contributed by atoms with Crippen LogP contribution in [-0.2, 0) is 0 Å². The van der Waals surface area contributed by atoms with Crippen molar-refractivity contribution in [2.75, 3.05) is 13.7 Å². The predicted octanol–water partition coefficient (Wildman–Crippen LogP) is 3.89. The Morgan fingerprint density at radius 1 is 1.50 bits per heavy atom. The summed E-state index contributed by atoms with van der Waals surface area (Å²) < 4.78 is 7.25. The van der Waals surface area contributed by atoms with E-state index in [4.69, 9.17) is 16.3 Å². The molecule has 0 aliphatic carbocycles. The lowest BCUT2D eigenvalue weighted by molar-refractivity contribution is 0.415. The molecule has 1 atom stereocenters. The highest BCUT2D eigenvalue weighted by atomic mass is 35.5. The molecule has 20 heavy (non-hydrogen) atoms. The van der Waals surface area contributed by atoms with Crippen LogP contribution in [0.3, 0.4) is 0 Å². The van der Waals surface area contributed by atoms with E-state index in [-0.39, 0.29) is 12.1 Å². The molecule has 2 aromatic heterocycles. The van der Waals surface area contributed by atoms with E-state index >= 15 is 0 Å². The molecule has 1 unspecified atom stereocenters. The van der Waals surface area contributed by atoms with E-state index < -0.39 is 0 Å². The van der Waals surface area contributed by atoms with Crippen molar-refractivity contribution in [3.05, 3.63) is 33.2 Å². The molecule has 6 heteroatoms. The summed E-state index contributed by atoms with van der Waals surface area (Å²) in [6, 6.07) is 2.35. The van der Waals surface area contributed by atoms with Gasteiger partial charge >= 0.3 is 0 Å². The second-order valence-corrected chi connectivity index (χ2v) is 6.15. The lowest BCUT2D eigenvalue weighted by atomic mass is 10.1. The Bertz CT molecular complexity index is 565. The molecule has 0 spiro atoms. The van der Waals surface area contributed by atoms with Gasteiger partial charge in [0.1, 0.15) is 5.75 Å². The fourth-order valence-electron chi connectivity index (χ4n) is 2.16. The molecule has 0 amide bonds. The molecule has 0 aromatic carbocycles. The first-order chi connectivity index (χ1) is 9.58. The van der Waals surface area contributed by atoms with Gasteiger partial charge in [0.25, 0.3) is 0 Å². The topological polar surface area (TPSA) is 39.1 Å². The van der Waals surface area contributed by atoms with Gasteiger partial charge < -0.3 is 10.1 Å². The zero-order valence-electron chi connectivity index (χ0n) is 12.2. The summed E-state index contributed by atoms with van der Waals surface area (Å²) in [6.07, 6.45) is 1.71. The zero-order valence-corrected chi connectivity index (χ0v) is 13.8. The SMILES string of the molecule is CCNC(c1cc(OC)cs1)c1c(Cl)cnn1C(C)C. The number of hydrogen-bond donors (Lipinski definition) is 1. The normalized spacial score (nSPS) is 12.9. The highest BCUT2D eigenvalue weighted by molar-refractivity contribution is 7.10. The molecule has 0 aliphatic rings. The zero-order chi connectivity index (χ0) is 14.7. The summed E-state index contributed by atoms with van der Waals surface area (Å²) in [6.45, 7) is 7.14. The predicted molar refractivity (Wildman–Crippen MR) is 84.0 cm³/mol. The summed E-state index contributed by atoms with van der Waals surface area (Å²) in [5, 5.41) is 10.6. The van der Waals surface area contributed by atoms with E-state index in [1.165, 1.54) is 4.88 Å². The van der Waals surface area contributed by atoms with E-state index in [2.05, 4.69) is 31.2 Å². The number of aromatic nitrogens is 2. The van der Waals surface area contributed by atoms with Crippen LogP contribution in [0.4, 0.5) is 0 Å². The Balaban J connectivity index is 2.45. The number of methoxy groups -OCH3 is 1. The fraction of sp³-hybridized carbons (Fsp3) is 0.500. The molecule has 1 N–H and O–H groups in total. The summed E-state index contributed by atoms with van der Waals surface area (Å²) >= 11 is 8.02. The molecule has 0 fully saturated rings. The van der Waals surface area contributed by atoms with Crippen LogP contribution in [0.25, 0.3) is 0 Å². The number of thiophene rings is 1. The third-order valence-corrected chi connectivity index (χ3v) is 4.34. The third-order valence-electron chi connectivity index (χ3n) is 3.07. The second-order valence-electron chi connectivity index (χ2n) is 4.80. The average molecular weight is 314 g/mol. The summed E-state index contributed by atoms with van der Waals surface area (Å²) in [7, 11) is 1.68. The number of ether oxygens (including phenoxy) is 1. The molecule has 2 rings (SSSR count). The molecule has 2 heterocycles. The molecule has 110 valence electrons. The molecule has 4 nitrogen and oxygen atoms in total. The van der Waals surface area contributed by atoms with Gasteiger partial charge in [-0.3, -0.25) is 4.68 Å². The molecule has 0 aliphatic heterocycles. The van der Waals surface area contributed by atoms with Crippen molar-refractivity contribution in [1.82, 2.24) is 15.1 Å². The van der Waals surface area contributed by atoms with Crippen LogP contribution >= 0.6 is 22.9 Å². The summed E-state index contributed by atoms with van der Waals surface area (Å²) in [5.74, 6) is 0.875. The van der Waals surface area contributed by atoms with E-state index in [1.807, 2.05) is 16.1 Å². The van der Waals surface area contributed by atoms with Crippen LogP contribution in [0.15, 0.2) is 17.6 Å². The third kappa shape index (κ3) is 3.00. The maximum Gasteiger partial charge on any atom is 0.129 e. The number of nitrogens with one attached hydrogen (secondary N) is 1. The maximum atomic E-state index is 6.36. The Hall–Kier alpha value is -1.04. The smallest absolute Gasteiger partial charge is 0.129 e. The van der Waals surface area contributed by atoms with Gasteiger partial charge in [-0.15, -0.1) is 11.3 Å². The van der Waals surface area contributed by atoms with Crippen LogP contribution in [-0.4, -0.2) is 23.4 Å². The first-order valence-corrected chi connectivity index (χ1v) is 7.92. The molecule has 0 saturated heterocycles. The van der Waals surface area contributed by atoms with Gasteiger partial charge in [-0.05, 0) is 26.5 Å². The largest absolute Gasteiger partial charge is 0.496 e. The lowest BCUT2D eigenvalue weighted by Crippen LogP contribution is -2.25. The quantitative estimate of drug-likeness (QED) is 0.879. The maximum absolute atomic E-state index is 6.36. The number of rotatable bonds is 6. The van der Waals surface area contributed by atoms with E-state index in [1.54, 1.807) is 24.6 Å². The van der Waals surface area contributed by atoms with Gasteiger partial charge in [-0.25, -0.2) is 0 Å². The van der Waals surface area contributed by atoms with Gasteiger partial charge in [0.05, 0.1) is 30.1 Å². The molecule has 0 radical (unpaired) electrons. The Morgan fingerprint density at radius 3 is 2.80 bits per heavy atom. The van der Waals surface area contributed by atoms with Gasteiger partial charge in [0, 0.05) is 16.3 Å². The van der Waals surface area contributed by atoms with E-state index in [0.29, 0.717) is 5.02 Å². The summed E-state index contributed by atoms with van der Waals surface area (Å²) in [5.41, 5.74) is 1.01. The van der Waals surface area contributed by atoms with Gasteiger partial charge in [-0.2, -0.15) is 5.10 Å². The second kappa shape index (κ2) is 6.61. The molecular weight excluding hydrogens is 294 g/mol. The van der Waals surface area contributed by atoms with Crippen molar-refractivity contribution in [3.63, 3.8) is 0 Å². The molecule has 0 bridgehead atoms. The van der Waals surface area contributed by atoms with E-state index in [0.717, 1.165) is 18.0 Å². The van der Waals surface area contributed by atoms with Crippen LogP contribution in [0.1, 0.15) is 43.4 Å². The Kier molecular flexibility index (Phi) is 5.07. The monoisotopic (exact) mass is 313 g/mol. The van der Waals surface area contributed by atoms with Crippen molar-refractivity contribution in [2.45, 2.75) is 32.9 Å². The minimum absolute atomic E-state index is 0.0336. The fourth-order valence-corrected chi connectivity index (χ4v) is 3.33. The van der Waals surface area contributed by atoms with Crippen molar-refractivity contribution in [3.8, 4) is 5.75 Å². The number of hydrogen-bond acceptors (Lipinski definition) is 4. The first kappa shape index (κ1) is 15.4. The summed E-state index contributed by atoms with van der Waals surface area (Å²) in [4.78, 5) is 1.17. The Labute approximate surface area is 128 Å². The van der Waals surface area contributed by atoms with Crippen molar-refractivity contribution in [2.24, 2.45) is 0 Å². The van der Waals surface area contributed by atoms with Crippen LogP contribution in [0.5, 0.6) is 5.75 Å². The van der Waals surface area contributed by atoms with Crippen molar-refractivity contribution < 1.29 is 4.74 Å². The highest BCUT2D eigenvalue weighted by Crippen LogP contribution is 2.35.